The van der Waals surface area contributed by atoms with Gasteiger partial charge in [0.15, 0.2) is 0 Å². The van der Waals surface area contributed by atoms with Crippen molar-refractivity contribution in [3.8, 4) is 17.0 Å². The molecule has 0 amide bonds. The van der Waals surface area contributed by atoms with Gasteiger partial charge in [0.1, 0.15) is 5.75 Å². The first-order chi connectivity index (χ1) is 10.1. The Kier molecular flexibility index (Phi) is 2.96. The summed E-state index contributed by atoms with van der Waals surface area (Å²) in [5.74, 6) is 0.957. The number of hydrogen-bond acceptors (Lipinski definition) is 5. The fourth-order valence-electron chi connectivity index (χ4n) is 2.95. The third-order valence-corrected chi connectivity index (χ3v) is 4.40. The van der Waals surface area contributed by atoms with Crippen molar-refractivity contribution in [2.45, 2.75) is 19.5 Å². The van der Waals surface area contributed by atoms with E-state index in [0.717, 1.165) is 34.5 Å². The molecule has 1 aromatic heterocycles. The van der Waals surface area contributed by atoms with Crippen LogP contribution in [0.2, 0.25) is 10.0 Å². The Morgan fingerprint density at radius 2 is 2.00 bits per heavy atom. The summed E-state index contributed by atoms with van der Waals surface area (Å²) < 4.78 is 5.62. The van der Waals surface area contributed by atoms with E-state index >= 15 is 0 Å². The van der Waals surface area contributed by atoms with Crippen molar-refractivity contribution in [3.63, 3.8) is 0 Å². The molecule has 0 radical (unpaired) electrons. The predicted molar refractivity (Wildman–Crippen MR) is 81.6 cm³/mol. The highest BCUT2D eigenvalue weighted by Crippen LogP contribution is 2.45. The number of aromatic nitrogens is 2. The van der Waals surface area contributed by atoms with Crippen molar-refractivity contribution in [3.05, 3.63) is 32.9 Å². The molecule has 4 rings (SSSR count). The maximum absolute atomic E-state index is 6.44. The molecule has 2 aliphatic rings. The highest BCUT2D eigenvalue weighted by atomic mass is 35.5. The van der Waals surface area contributed by atoms with Gasteiger partial charge in [0.05, 0.1) is 28.0 Å². The van der Waals surface area contributed by atoms with E-state index in [9.17, 15) is 0 Å². The van der Waals surface area contributed by atoms with Crippen molar-refractivity contribution in [2.75, 3.05) is 12.3 Å². The molecule has 0 saturated carbocycles. The van der Waals surface area contributed by atoms with E-state index < -0.39 is 0 Å². The first-order valence-electron chi connectivity index (χ1n) is 6.65. The van der Waals surface area contributed by atoms with Crippen molar-refractivity contribution < 1.29 is 4.74 Å². The van der Waals surface area contributed by atoms with Gasteiger partial charge in [0.2, 0.25) is 5.95 Å². The summed E-state index contributed by atoms with van der Waals surface area (Å²) >= 11 is 12.6. The maximum atomic E-state index is 6.44. The van der Waals surface area contributed by atoms with Crippen molar-refractivity contribution in [1.29, 1.82) is 0 Å². The SMILES string of the molecule is Nc1nc2c(c(-c3c(Cl)cc(Cl)c4c3CCO4)n1)CNC2. The molecule has 0 bridgehead atoms. The molecule has 108 valence electrons. The first-order valence-corrected chi connectivity index (χ1v) is 7.40. The normalized spacial score (nSPS) is 15.7. The molecule has 2 aliphatic heterocycles. The Bertz CT molecular complexity index is 763. The Hall–Kier alpha value is -1.56. The zero-order chi connectivity index (χ0) is 14.6. The molecule has 7 heteroatoms. The van der Waals surface area contributed by atoms with E-state index in [4.69, 9.17) is 33.7 Å². The van der Waals surface area contributed by atoms with Crippen LogP contribution in [0.15, 0.2) is 6.07 Å². The molecule has 0 atom stereocenters. The average molecular weight is 323 g/mol. The fraction of sp³-hybridized carbons (Fsp3) is 0.286. The highest BCUT2D eigenvalue weighted by molar-refractivity contribution is 6.37. The van der Waals surface area contributed by atoms with E-state index in [0.29, 0.717) is 35.5 Å². The average Bonchev–Trinajstić information content (AvgIpc) is 3.06. The minimum atomic E-state index is 0.256. The monoisotopic (exact) mass is 322 g/mol. The van der Waals surface area contributed by atoms with E-state index in [1.54, 1.807) is 6.07 Å². The summed E-state index contributed by atoms with van der Waals surface area (Å²) in [5.41, 5.74) is 10.5. The Morgan fingerprint density at radius 1 is 1.14 bits per heavy atom. The van der Waals surface area contributed by atoms with E-state index in [-0.39, 0.29) is 5.95 Å². The van der Waals surface area contributed by atoms with Crippen LogP contribution in [0.25, 0.3) is 11.3 Å². The predicted octanol–water partition coefficient (Wildman–Crippen LogP) is 2.57. The van der Waals surface area contributed by atoms with Crippen LogP contribution in [-0.4, -0.2) is 16.6 Å². The Balaban J connectivity index is 2.03. The number of nitrogens with one attached hydrogen (secondary N) is 1. The molecular formula is C14H12Cl2N4O. The lowest BCUT2D eigenvalue weighted by Gasteiger charge is -2.14. The molecule has 21 heavy (non-hydrogen) atoms. The number of nitrogens with zero attached hydrogens (tertiary/aromatic N) is 2. The molecule has 0 saturated heterocycles. The van der Waals surface area contributed by atoms with Gasteiger partial charge in [-0.3, -0.25) is 0 Å². The van der Waals surface area contributed by atoms with Gasteiger partial charge in [0.25, 0.3) is 0 Å². The summed E-state index contributed by atoms with van der Waals surface area (Å²) in [4.78, 5) is 8.71. The van der Waals surface area contributed by atoms with E-state index in [2.05, 4.69) is 15.3 Å². The third-order valence-electron chi connectivity index (χ3n) is 3.82. The highest BCUT2D eigenvalue weighted by Gasteiger charge is 2.28. The second-order valence-corrected chi connectivity index (χ2v) is 5.89. The molecule has 2 aromatic rings. The Morgan fingerprint density at radius 3 is 2.86 bits per heavy atom. The van der Waals surface area contributed by atoms with Crippen LogP contribution in [0.4, 0.5) is 5.95 Å². The van der Waals surface area contributed by atoms with Crippen molar-refractivity contribution >= 4 is 29.2 Å². The lowest BCUT2D eigenvalue weighted by atomic mass is 9.98. The summed E-state index contributed by atoms with van der Waals surface area (Å²) in [6, 6.07) is 1.70. The van der Waals surface area contributed by atoms with E-state index in [1.807, 2.05) is 0 Å². The van der Waals surface area contributed by atoms with Crippen LogP contribution in [0.3, 0.4) is 0 Å². The van der Waals surface area contributed by atoms with Gasteiger partial charge in [-0.25, -0.2) is 9.97 Å². The Labute approximate surface area is 131 Å². The zero-order valence-corrected chi connectivity index (χ0v) is 12.6. The van der Waals surface area contributed by atoms with Crippen LogP contribution in [0.5, 0.6) is 5.75 Å². The molecule has 1 aromatic carbocycles. The number of fused-ring (bicyclic) bond motifs is 2. The minimum Gasteiger partial charge on any atom is -0.491 e. The number of hydrogen-bond donors (Lipinski definition) is 2. The maximum Gasteiger partial charge on any atom is 0.220 e. The molecule has 3 N–H and O–H groups in total. The number of ether oxygens (including phenoxy) is 1. The van der Waals surface area contributed by atoms with Crippen LogP contribution in [-0.2, 0) is 19.5 Å². The summed E-state index contributed by atoms with van der Waals surface area (Å²) in [7, 11) is 0. The second kappa shape index (κ2) is 4.73. The largest absolute Gasteiger partial charge is 0.491 e. The number of anilines is 1. The first kappa shape index (κ1) is 13.1. The van der Waals surface area contributed by atoms with Crippen molar-refractivity contribution in [2.24, 2.45) is 0 Å². The van der Waals surface area contributed by atoms with Crippen LogP contribution in [0, 0.1) is 0 Å². The fourth-order valence-corrected chi connectivity index (χ4v) is 3.60. The van der Waals surface area contributed by atoms with Gasteiger partial charge in [-0.1, -0.05) is 23.2 Å². The lowest BCUT2D eigenvalue weighted by Crippen LogP contribution is -2.04. The standard InChI is InChI=1S/C14H12Cl2N4O/c15-8-3-9(16)13-6(1-2-21-13)11(8)12-7-4-18-5-10(7)19-14(17)20-12/h3,18H,1-2,4-5H2,(H2,17,19,20). The third kappa shape index (κ3) is 1.96. The smallest absolute Gasteiger partial charge is 0.220 e. The van der Waals surface area contributed by atoms with Crippen molar-refractivity contribution in [1.82, 2.24) is 15.3 Å². The molecule has 3 heterocycles. The summed E-state index contributed by atoms with van der Waals surface area (Å²) in [6.07, 6.45) is 0.761. The van der Waals surface area contributed by atoms with Gasteiger partial charge in [-0.15, -0.1) is 0 Å². The summed E-state index contributed by atoms with van der Waals surface area (Å²) in [6.45, 7) is 2.00. The number of halogens is 2. The molecule has 0 spiro atoms. The summed E-state index contributed by atoms with van der Waals surface area (Å²) in [5, 5.41) is 4.37. The van der Waals surface area contributed by atoms with Crippen LogP contribution in [0.1, 0.15) is 16.8 Å². The van der Waals surface area contributed by atoms with Crippen LogP contribution >= 0.6 is 23.2 Å². The van der Waals surface area contributed by atoms with E-state index in [1.165, 1.54) is 0 Å². The van der Waals surface area contributed by atoms with Gasteiger partial charge < -0.3 is 15.8 Å². The number of nitrogens with two attached hydrogens (primary N) is 1. The number of benzene rings is 1. The molecule has 0 fully saturated rings. The minimum absolute atomic E-state index is 0.256. The van der Waals surface area contributed by atoms with Gasteiger partial charge in [0, 0.05) is 36.2 Å². The molecule has 0 unspecified atom stereocenters. The van der Waals surface area contributed by atoms with Crippen LogP contribution < -0.4 is 15.8 Å². The molecule has 5 nitrogen and oxygen atoms in total. The zero-order valence-electron chi connectivity index (χ0n) is 11.0. The van der Waals surface area contributed by atoms with Gasteiger partial charge in [-0.2, -0.15) is 0 Å². The van der Waals surface area contributed by atoms with Gasteiger partial charge in [-0.05, 0) is 6.07 Å². The second-order valence-electron chi connectivity index (χ2n) is 5.08. The quantitative estimate of drug-likeness (QED) is 0.844. The molecular weight excluding hydrogens is 311 g/mol. The topological polar surface area (TPSA) is 73.1 Å². The lowest BCUT2D eigenvalue weighted by molar-refractivity contribution is 0.357. The molecule has 0 aliphatic carbocycles. The number of rotatable bonds is 1. The van der Waals surface area contributed by atoms with Gasteiger partial charge >= 0.3 is 0 Å². The number of nitrogen functional groups attached to an aromatic ring is 1.